The number of hydrogen-bond acceptors (Lipinski definition) is 3. The van der Waals surface area contributed by atoms with Gasteiger partial charge in [-0.2, -0.15) is 0 Å². The van der Waals surface area contributed by atoms with Gasteiger partial charge in [-0.1, -0.05) is 44.2 Å². The van der Waals surface area contributed by atoms with Gasteiger partial charge in [0.05, 0.1) is 12.7 Å². The summed E-state index contributed by atoms with van der Waals surface area (Å²) < 4.78 is 5.48. The van der Waals surface area contributed by atoms with Gasteiger partial charge in [-0.25, -0.2) is 0 Å². The molecule has 0 radical (unpaired) electrons. The predicted octanol–water partition coefficient (Wildman–Crippen LogP) is 4.13. The standard InChI is InChI=1S/C21H33NO2/c1-22-15-13-20(14-16-22,18-9-8-10-19(17-18)24-2)21(23)11-6-4-3-5-7-12-21/h8-10,17,23H,3-7,11-16H2,1-2H3. The van der Waals surface area contributed by atoms with Gasteiger partial charge in [-0.15, -0.1) is 0 Å². The van der Waals surface area contributed by atoms with Crippen molar-refractivity contribution in [2.45, 2.75) is 68.8 Å². The first kappa shape index (κ1) is 17.8. The lowest BCUT2D eigenvalue weighted by atomic mass is 9.58. The molecule has 1 N–H and O–H groups in total. The van der Waals surface area contributed by atoms with Gasteiger partial charge >= 0.3 is 0 Å². The number of likely N-dealkylation sites (tertiary alicyclic amines) is 1. The van der Waals surface area contributed by atoms with Gasteiger partial charge in [-0.05, 0) is 63.5 Å². The predicted molar refractivity (Wildman–Crippen MR) is 98.7 cm³/mol. The summed E-state index contributed by atoms with van der Waals surface area (Å²) in [5, 5.41) is 11.9. The minimum atomic E-state index is -0.582. The highest BCUT2D eigenvalue weighted by atomic mass is 16.5. The third kappa shape index (κ3) is 3.34. The molecule has 0 spiro atoms. The average Bonchev–Trinajstić information content (AvgIpc) is 2.59. The summed E-state index contributed by atoms with van der Waals surface area (Å²) in [5.74, 6) is 0.903. The Morgan fingerprint density at radius 1 is 0.958 bits per heavy atom. The van der Waals surface area contributed by atoms with Crippen molar-refractivity contribution in [1.29, 1.82) is 0 Å². The van der Waals surface area contributed by atoms with E-state index in [2.05, 4.69) is 30.1 Å². The van der Waals surface area contributed by atoms with Crippen LogP contribution in [-0.2, 0) is 5.41 Å². The van der Waals surface area contributed by atoms with E-state index in [4.69, 9.17) is 4.74 Å². The molecular weight excluding hydrogens is 298 g/mol. The molecule has 0 atom stereocenters. The molecule has 0 aromatic heterocycles. The van der Waals surface area contributed by atoms with Crippen LogP contribution in [0.3, 0.4) is 0 Å². The zero-order valence-corrected chi connectivity index (χ0v) is 15.4. The molecule has 1 aromatic carbocycles. The van der Waals surface area contributed by atoms with Crippen LogP contribution in [0.4, 0.5) is 0 Å². The molecule has 134 valence electrons. The van der Waals surface area contributed by atoms with Gasteiger partial charge in [0, 0.05) is 5.41 Å². The van der Waals surface area contributed by atoms with E-state index in [1.165, 1.54) is 24.8 Å². The van der Waals surface area contributed by atoms with Crippen LogP contribution in [-0.4, -0.2) is 42.9 Å². The Morgan fingerprint density at radius 2 is 1.58 bits per heavy atom. The SMILES string of the molecule is COc1cccc(C2(C3(O)CCCCCCC3)CCN(C)CC2)c1. The summed E-state index contributed by atoms with van der Waals surface area (Å²) in [6.45, 7) is 2.11. The molecule has 0 bridgehead atoms. The molecule has 1 aromatic rings. The Hall–Kier alpha value is -1.06. The summed E-state index contributed by atoms with van der Waals surface area (Å²) in [6.07, 6.45) is 10.1. The number of benzene rings is 1. The third-order valence-corrected chi connectivity index (χ3v) is 6.53. The maximum absolute atomic E-state index is 11.9. The van der Waals surface area contributed by atoms with Crippen LogP contribution in [0.25, 0.3) is 0 Å². The second-order valence-electron chi connectivity index (χ2n) is 7.92. The maximum atomic E-state index is 11.9. The molecule has 2 aliphatic rings. The van der Waals surface area contributed by atoms with E-state index < -0.39 is 5.60 Å². The van der Waals surface area contributed by atoms with Crippen molar-refractivity contribution in [2.24, 2.45) is 0 Å². The van der Waals surface area contributed by atoms with E-state index in [1.807, 2.05) is 6.07 Å². The minimum Gasteiger partial charge on any atom is -0.497 e. The average molecular weight is 332 g/mol. The van der Waals surface area contributed by atoms with Crippen LogP contribution < -0.4 is 4.74 Å². The molecule has 24 heavy (non-hydrogen) atoms. The summed E-state index contributed by atoms with van der Waals surface area (Å²) in [7, 11) is 3.92. The summed E-state index contributed by atoms with van der Waals surface area (Å²) in [6, 6.07) is 8.47. The minimum absolute atomic E-state index is 0.134. The number of piperidine rings is 1. The molecule has 1 saturated carbocycles. The molecule has 1 heterocycles. The van der Waals surface area contributed by atoms with Gasteiger partial charge < -0.3 is 14.7 Å². The van der Waals surface area contributed by atoms with Crippen LogP contribution in [0, 0.1) is 0 Å². The lowest BCUT2D eigenvalue weighted by Gasteiger charge is -2.52. The molecule has 0 amide bonds. The highest BCUT2D eigenvalue weighted by Crippen LogP contribution is 2.50. The number of hydrogen-bond donors (Lipinski definition) is 1. The van der Waals surface area contributed by atoms with Gasteiger partial charge in [0.15, 0.2) is 0 Å². The molecule has 3 nitrogen and oxygen atoms in total. The van der Waals surface area contributed by atoms with Gasteiger partial charge in [0.2, 0.25) is 0 Å². The van der Waals surface area contributed by atoms with Crippen molar-refractivity contribution < 1.29 is 9.84 Å². The van der Waals surface area contributed by atoms with Crippen LogP contribution in [0.1, 0.15) is 63.4 Å². The fraction of sp³-hybridized carbons (Fsp3) is 0.714. The quantitative estimate of drug-likeness (QED) is 0.904. The lowest BCUT2D eigenvalue weighted by Crippen LogP contribution is -2.57. The number of methoxy groups -OCH3 is 1. The first-order chi connectivity index (χ1) is 11.6. The van der Waals surface area contributed by atoms with Crippen molar-refractivity contribution in [1.82, 2.24) is 4.90 Å². The Bertz CT molecular complexity index is 526. The zero-order valence-electron chi connectivity index (χ0n) is 15.4. The largest absolute Gasteiger partial charge is 0.497 e. The number of rotatable bonds is 3. The van der Waals surface area contributed by atoms with Crippen LogP contribution in [0.2, 0.25) is 0 Å². The van der Waals surface area contributed by atoms with Gasteiger partial charge in [0.25, 0.3) is 0 Å². The third-order valence-electron chi connectivity index (χ3n) is 6.53. The topological polar surface area (TPSA) is 32.7 Å². The van der Waals surface area contributed by atoms with E-state index in [0.717, 1.165) is 57.4 Å². The van der Waals surface area contributed by atoms with Crippen molar-refractivity contribution in [2.75, 3.05) is 27.2 Å². The fourth-order valence-corrected chi connectivity index (χ4v) is 4.91. The van der Waals surface area contributed by atoms with Crippen molar-refractivity contribution >= 4 is 0 Å². The highest BCUT2D eigenvalue weighted by molar-refractivity contribution is 5.37. The lowest BCUT2D eigenvalue weighted by molar-refractivity contribution is -0.0825. The first-order valence-corrected chi connectivity index (χ1v) is 9.65. The van der Waals surface area contributed by atoms with Crippen LogP contribution in [0.5, 0.6) is 5.75 Å². The Morgan fingerprint density at radius 3 is 2.21 bits per heavy atom. The zero-order chi connectivity index (χ0) is 17.0. The molecule has 1 aliphatic carbocycles. The number of aliphatic hydroxyl groups is 1. The van der Waals surface area contributed by atoms with Crippen molar-refractivity contribution in [3.63, 3.8) is 0 Å². The Balaban J connectivity index is 2.00. The maximum Gasteiger partial charge on any atom is 0.119 e. The normalized spacial score (nSPS) is 24.8. The molecule has 1 saturated heterocycles. The van der Waals surface area contributed by atoms with Gasteiger partial charge in [-0.3, -0.25) is 0 Å². The summed E-state index contributed by atoms with van der Waals surface area (Å²) >= 11 is 0. The molecule has 2 fully saturated rings. The van der Waals surface area contributed by atoms with E-state index in [9.17, 15) is 5.11 Å². The highest BCUT2D eigenvalue weighted by Gasteiger charge is 2.51. The van der Waals surface area contributed by atoms with Crippen molar-refractivity contribution in [3.8, 4) is 5.75 Å². The first-order valence-electron chi connectivity index (χ1n) is 9.65. The molecular formula is C21H33NO2. The summed E-state index contributed by atoms with van der Waals surface area (Å²) in [4.78, 5) is 2.39. The smallest absolute Gasteiger partial charge is 0.119 e. The van der Waals surface area contributed by atoms with E-state index in [-0.39, 0.29) is 5.41 Å². The molecule has 1 aliphatic heterocycles. The molecule has 3 heteroatoms. The second-order valence-corrected chi connectivity index (χ2v) is 7.92. The van der Waals surface area contributed by atoms with E-state index in [0.29, 0.717) is 0 Å². The van der Waals surface area contributed by atoms with E-state index >= 15 is 0 Å². The van der Waals surface area contributed by atoms with Crippen LogP contribution in [0.15, 0.2) is 24.3 Å². The second kappa shape index (κ2) is 7.45. The monoisotopic (exact) mass is 331 g/mol. The number of nitrogens with zero attached hydrogens (tertiary/aromatic N) is 1. The summed E-state index contributed by atoms with van der Waals surface area (Å²) in [5.41, 5.74) is 0.560. The van der Waals surface area contributed by atoms with Gasteiger partial charge in [0.1, 0.15) is 5.75 Å². The number of ether oxygens (including phenoxy) is 1. The Labute approximate surface area is 147 Å². The molecule has 3 rings (SSSR count). The fourth-order valence-electron chi connectivity index (χ4n) is 4.91. The molecule has 0 unspecified atom stereocenters. The Kier molecular flexibility index (Phi) is 5.51. The van der Waals surface area contributed by atoms with Crippen molar-refractivity contribution in [3.05, 3.63) is 29.8 Å². The van der Waals surface area contributed by atoms with E-state index in [1.54, 1.807) is 7.11 Å². The van der Waals surface area contributed by atoms with Crippen LogP contribution >= 0.6 is 0 Å².